The number of nitrogens with one attached hydrogen (secondary N) is 1. The van der Waals surface area contributed by atoms with Gasteiger partial charge >= 0.3 is 0 Å². The Labute approximate surface area is 410 Å². The van der Waals surface area contributed by atoms with E-state index in [-0.39, 0.29) is 30.7 Å². The fourth-order valence-corrected chi connectivity index (χ4v) is 11.6. The lowest BCUT2D eigenvalue weighted by Crippen LogP contribution is -2.44. The molecule has 3 fully saturated rings. The maximum absolute atomic E-state index is 11.4. The van der Waals surface area contributed by atoms with E-state index in [0.29, 0.717) is 41.0 Å². The van der Waals surface area contributed by atoms with Gasteiger partial charge in [0.15, 0.2) is 0 Å². The number of aromatic nitrogens is 2. The molecule has 3 aliphatic rings. The molecule has 0 amide bonds. The number of nitrogens with zero attached hydrogens (tertiary/aromatic N) is 3. The molecule has 7 N–H and O–H groups in total. The highest BCUT2D eigenvalue weighted by atomic mass is 16.5. The molecule has 2 saturated heterocycles. The second-order valence-corrected chi connectivity index (χ2v) is 20.4. The third-order valence-corrected chi connectivity index (χ3v) is 16.2. The molecule has 12 nitrogen and oxygen atoms in total. The molecule has 12 heteroatoms. The van der Waals surface area contributed by atoms with Crippen LogP contribution in [-0.4, -0.2) is 105 Å². The molecule has 0 unspecified atom stereocenters. The van der Waals surface area contributed by atoms with Crippen LogP contribution in [0.1, 0.15) is 143 Å². The van der Waals surface area contributed by atoms with E-state index in [0.717, 1.165) is 117 Å². The highest BCUT2D eigenvalue weighted by Gasteiger charge is 2.39. The van der Waals surface area contributed by atoms with Crippen LogP contribution >= 0.6 is 0 Å². The number of hydrogen-bond acceptors (Lipinski definition) is 12. The molecular formula is C57H80N4O8. The number of aliphatic hydroxyl groups excluding tert-OH is 6. The first-order chi connectivity index (χ1) is 33.6. The van der Waals surface area contributed by atoms with Crippen LogP contribution in [0.3, 0.4) is 0 Å². The van der Waals surface area contributed by atoms with Crippen LogP contribution in [-0.2, 0) is 19.6 Å². The number of pyridine rings is 2. The fraction of sp³-hybridized carbons (Fsp3) is 0.579. The molecule has 5 aromatic rings. The van der Waals surface area contributed by atoms with Crippen LogP contribution in [0.4, 0.5) is 0 Å². The summed E-state index contributed by atoms with van der Waals surface area (Å²) in [6, 6.07) is 21.6. The Morgan fingerprint density at radius 2 is 1.26 bits per heavy atom. The minimum atomic E-state index is -0.766. The quantitative estimate of drug-likeness (QED) is 0.0372. The summed E-state index contributed by atoms with van der Waals surface area (Å²) >= 11 is 0. The van der Waals surface area contributed by atoms with Gasteiger partial charge in [0.1, 0.15) is 11.5 Å². The van der Waals surface area contributed by atoms with Gasteiger partial charge in [0, 0.05) is 40.9 Å². The summed E-state index contributed by atoms with van der Waals surface area (Å²) in [5, 5.41) is 69.2. The summed E-state index contributed by atoms with van der Waals surface area (Å²) in [6.45, 7) is 4.79. The molecular weight excluding hydrogens is 869 g/mol. The number of aliphatic hydroxyl groups is 6. The number of rotatable bonds is 21. The first-order valence-corrected chi connectivity index (χ1v) is 25.9. The Hall–Kier alpha value is -4.24. The van der Waals surface area contributed by atoms with Gasteiger partial charge in [-0.1, -0.05) is 62.4 Å². The molecule has 0 bridgehead atoms. The van der Waals surface area contributed by atoms with Crippen LogP contribution in [0.5, 0.6) is 11.5 Å². The molecule has 1 saturated carbocycles. The van der Waals surface area contributed by atoms with Gasteiger partial charge in [-0.15, -0.1) is 0 Å². The van der Waals surface area contributed by atoms with Gasteiger partial charge in [0.25, 0.3) is 0 Å². The smallest absolute Gasteiger partial charge is 0.119 e. The van der Waals surface area contributed by atoms with Crippen molar-refractivity contribution in [3.05, 3.63) is 107 Å². The van der Waals surface area contributed by atoms with E-state index in [2.05, 4.69) is 44.5 Å². The van der Waals surface area contributed by atoms with E-state index < -0.39 is 18.3 Å². The minimum Gasteiger partial charge on any atom is -0.497 e. The second kappa shape index (κ2) is 25.7. The van der Waals surface area contributed by atoms with E-state index in [1.54, 1.807) is 26.6 Å². The lowest BCUT2D eigenvalue weighted by molar-refractivity contribution is -0.0210. The largest absolute Gasteiger partial charge is 0.497 e. The second-order valence-electron chi connectivity index (χ2n) is 20.4. The summed E-state index contributed by atoms with van der Waals surface area (Å²) in [7, 11) is 3.23. The Bertz CT molecular complexity index is 2320. The molecule has 2 aliphatic heterocycles. The van der Waals surface area contributed by atoms with Gasteiger partial charge < -0.3 is 50.3 Å². The Kier molecular flexibility index (Phi) is 19.6. The maximum Gasteiger partial charge on any atom is 0.119 e. The standard InChI is InChI=1S/C29H38N2O4.C28H42N2O4/c1-35-23-10-11-25-24(18-23)28(22(20-32)19-31-25)26(33)12-13-29(14-16-30-17-15-29)27(34)9-5-8-21-6-3-2-4-7-21;1-34-23-7-8-25-24(17-23)27(22(19-31)18-29-25)26(33)9-11-28(20-32)12-15-30(16-13-28)14-10-21-5-3-2-4-6-21/h2-4,6-7,10-11,18-19,26-27,30,32-34H,5,8-9,12-17,20H2,1H3;7-8,17-18,21,26,31-33H,2-6,9-16,19-20H2,1H3/t26-,27+;26-/m11/s1. The van der Waals surface area contributed by atoms with Gasteiger partial charge in [-0.2, -0.15) is 0 Å². The lowest BCUT2D eigenvalue weighted by atomic mass is 9.69. The zero-order chi connectivity index (χ0) is 48.6. The van der Waals surface area contributed by atoms with Crippen LogP contribution in [0, 0.1) is 16.7 Å². The van der Waals surface area contributed by atoms with Crippen molar-refractivity contribution in [1.29, 1.82) is 0 Å². The van der Waals surface area contributed by atoms with Crippen molar-refractivity contribution in [3.8, 4) is 11.5 Å². The molecule has 376 valence electrons. The first kappa shape index (κ1) is 52.6. The average molecular weight is 949 g/mol. The molecule has 3 atom stereocenters. The third-order valence-electron chi connectivity index (χ3n) is 16.2. The van der Waals surface area contributed by atoms with Crippen molar-refractivity contribution >= 4 is 21.8 Å². The number of fused-ring (bicyclic) bond motifs is 2. The summed E-state index contributed by atoms with van der Waals surface area (Å²) in [5.74, 6) is 2.29. The normalized spacial score (nSPS) is 18.8. The molecule has 3 aromatic carbocycles. The van der Waals surface area contributed by atoms with E-state index in [9.17, 15) is 30.6 Å². The van der Waals surface area contributed by atoms with Gasteiger partial charge in [-0.3, -0.25) is 9.97 Å². The number of aryl methyl sites for hydroxylation is 1. The zero-order valence-corrected chi connectivity index (χ0v) is 41.3. The van der Waals surface area contributed by atoms with Crippen LogP contribution in [0.2, 0.25) is 0 Å². The monoisotopic (exact) mass is 949 g/mol. The predicted octanol–water partition coefficient (Wildman–Crippen LogP) is 8.90. The molecule has 0 radical (unpaired) electrons. The summed E-state index contributed by atoms with van der Waals surface area (Å²) < 4.78 is 10.8. The molecule has 8 rings (SSSR count). The summed E-state index contributed by atoms with van der Waals surface area (Å²) in [5.41, 5.74) is 5.18. The number of ether oxygens (including phenoxy) is 2. The maximum atomic E-state index is 11.4. The number of benzene rings is 3. The SMILES string of the molecule is COc1ccc2ncc(CO)c([C@H](O)CCC3(CO)CCN(CCC4CCCCC4)CC3)c2c1.COc1ccc2ncc(CO)c([C@H](O)CCC3([C@@H](O)CCCc4ccccc4)CCNCC3)c2c1. The van der Waals surface area contributed by atoms with Crippen LogP contribution in [0.15, 0.2) is 79.1 Å². The van der Waals surface area contributed by atoms with Crippen LogP contribution in [0.25, 0.3) is 21.8 Å². The van der Waals surface area contributed by atoms with Crippen LogP contribution < -0.4 is 14.8 Å². The van der Waals surface area contributed by atoms with Gasteiger partial charge in [-0.25, -0.2) is 0 Å². The predicted molar refractivity (Wildman–Crippen MR) is 273 cm³/mol. The number of likely N-dealkylation sites (tertiary alicyclic amines) is 1. The van der Waals surface area contributed by atoms with Gasteiger partial charge in [0.05, 0.1) is 56.8 Å². The molecule has 2 aromatic heterocycles. The van der Waals surface area contributed by atoms with Crippen molar-refractivity contribution in [2.45, 2.75) is 141 Å². The topological polar surface area (TPSA) is 181 Å². The van der Waals surface area contributed by atoms with E-state index in [1.165, 1.54) is 50.6 Å². The molecule has 0 spiro atoms. The summed E-state index contributed by atoms with van der Waals surface area (Å²) in [4.78, 5) is 11.5. The van der Waals surface area contributed by atoms with E-state index in [1.807, 2.05) is 42.5 Å². The van der Waals surface area contributed by atoms with E-state index >= 15 is 0 Å². The first-order valence-electron chi connectivity index (χ1n) is 25.9. The van der Waals surface area contributed by atoms with Crippen molar-refractivity contribution in [3.63, 3.8) is 0 Å². The fourth-order valence-electron chi connectivity index (χ4n) is 11.6. The average Bonchev–Trinajstić information content (AvgIpc) is 3.41. The van der Waals surface area contributed by atoms with E-state index in [4.69, 9.17) is 9.47 Å². The van der Waals surface area contributed by atoms with Crippen molar-refractivity contribution in [2.75, 3.05) is 53.6 Å². The molecule has 69 heavy (non-hydrogen) atoms. The lowest BCUT2D eigenvalue weighted by Gasteiger charge is -2.42. The van der Waals surface area contributed by atoms with Crippen molar-refractivity contribution < 1.29 is 40.1 Å². The highest BCUT2D eigenvalue weighted by molar-refractivity contribution is 5.85. The Balaban J connectivity index is 0.000000204. The molecule has 1 aliphatic carbocycles. The Morgan fingerprint density at radius 3 is 1.80 bits per heavy atom. The highest BCUT2D eigenvalue weighted by Crippen LogP contribution is 2.44. The summed E-state index contributed by atoms with van der Waals surface area (Å²) in [6.07, 6.45) is 18.6. The number of methoxy groups -OCH3 is 2. The van der Waals surface area contributed by atoms with Crippen molar-refractivity contribution in [1.82, 2.24) is 20.2 Å². The zero-order valence-electron chi connectivity index (χ0n) is 41.3. The minimum absolute atomic E-state index is 0.137. The third kappa shape index (κ3) is 13.6. The number of piperidine rings is 2. The van der Waals surface area contributed by atoms with Crippen molar-refractivity contribution in [2.24, 2.45) is 16.7 Å². The molecule has 4 heterocycles. The number of hydrogen-bond donors (Lipinski definition) is 7. The Morgan fingerprint density at radius 1 is 0.696 bits per heavy atom. The van der Waals surface area contributed by atoms with Gasteiger partial charge in [0.2, 0.25) is 0 Å². The van der Waals surface area contributed by atoms with Gasteiger partial charge in [-0.05, 0) is 180 Å².